The van der Waals surface area contributed by atoms with Gasteiger partial charge in [0.05, 0.1) is 43.9 Å². The van der Waals surface area contributed by atoms with Crippen molar-refractivity contribution in [3.8, 4) is 11.5 Å². The number of likely N-dealkylation sites (N-methyl/N-ethyl adjacent to an activating group) is 1. The van der Waals surface area contributed by atoms with Crippen molar-refractivity contribution in [1.29, 1.82) is 0 Å². The van der Waals surface area contributed by atoms with Crippen LogP contribution in [0.1, 0.15) is 50.4 Å². The molecule has 0 fully saturated rings. The number of hydrogen-bond acceptors (Lipinski definition) is 9. The molecule has 268 valence electrons. The number of carbonyl (C=O) groups is 2. The molecule has 0 unspecified atom stereocenters. The van der Waals surface area contributed by atoms with Crippen LogP contribution in [0.25, 0.3) is 0 Å². The van der Waals surface area contributed by atoms with Gasteiger partial charge in [-0.2, -0.15) is 4.31 Å². The van der Waals surface area contributed by atoms with Crippen LogP contribution in [0.3, 0.4) is 0 Å². The van der Waals surface area contributed by atoms with Crippen LogP contribution < -0.4 is 20.1 Å². The molecule has 3 N–H and O–H groups in total. The zero-order valence-electron chi connectivity index (χ0n) is 29.0. The molecule has 0 spiro atoms. The van der Waals surface area contributed by atoms with Crippen molar-refractivity contribution in [2.75, 3.05) is 51.1 Å². The van der Waals surface area contributed by atoms with Gasteiger partial charge in [0.1, 0.15) is 11.5 Å². The van der Waals surface area contributed by atoms with Crippen molar-refractivity contribution >= 4 is 33.3 Å². The fraction of sp³-hybridized carbons (Fsp3) is 0.500. The molecule has 49 heavy (non-hydrogen) atoms. The fourth-order valence-corrected chi connectivity index (χ4v) is 6.61. The smallest absolute Gasteiger partial charge is 0.323 e. The normalized spacial score (nSPS) is 20.1. The van der Waals surface area contributed by atoms with E-state index in [2.05, 4.69) is 15.6 Å². The molecule has 0 bridgehead atoms. The summed E-state index contributed by atoms with van der Waals surface area (Å²) >= 11 is 0. The number of sulfonamides is 1. The number of imidazole rings is 1. The first-order valence-electron chi connectivity index (χ1n) is 16.3. The van der Waals surface area contributed by atoms with E-state index >= 15 is 0 Å². The second kappa shape index (κ2) is 17.0. The van der Waals surface area contributed by atoms with Crippen LogP contribution in [0, 0.1) is 5.92 Å². The first-order valence-corrected chi connectivity index (χ1v) is 17.8. The van der Waals surface area contributed by atoms with Crippen molar-refractivity contribution in [3.63, 3.8) is 0 Å². The highest BCUT2D eigenvalue weighted by atomic mass is 32.2. The minimum atomic E-state index is -3.89. The maximum atomic E-state index is 14.4. The van der Waals surface area contributed by atoms with E-state index in [4.69, 9.17) is 14.2 Å². The SMILES string of the molecule is COc1ccc(NC(=O)Nc2ccc3c(c2)C(=O)N([C@H](C)CO)C[C@@H](C)[C@@H](CN(C)S(=O)(=O)c2cn(C)cn2)OCCCC[C@H](C)O3)cc1. The van der Waals surface area contributed by atoms with Crippen LogP contribution in [-0.2, 0) is 21.8 Å². The minimum Gasteiger partial charge on any atom is -0.497 e. The number of amides is 3. The summed E-state index contributed by atoms with van der Waals surface area (Å²) in [6, 6.07) is 10.6. The molecule has 3 amide bonds. The van der Waals surface area contributed by atoms with Gasteiger partial charge in [0.2, 0.25) is 0 Å². The van der Waals surface area contributed by atoms with E-state index < -0.39 is 34.1 Å². The Balaban J connectivity index is 1.61. The second-order valence-corrected chi connectivity index (χ2v) is 14.5. The maximum absolute atomic E-state index is 14.4. The molecule has 0 radical (unpaired) electrons. The third-order valence-corrected chi connectivity index (χ3v) is 10.2. The molecule has 14 nitrogen and oxygen atoms in total. The van der Waals surface area contributed by atoms with Gasteiger partial charge < -0.3 is 39.4 Å². The molecule has 1 aliphatic heterocycles. The van der Waals surface area contributed by atoms with Gasteiger partial charge in [-0.25, -0.2) is 18.2 Å². The average molecular weight is 701 g/mol. The predicted molar refractivity (Wildman–Crippen MR) is 186 cm³/mol. The largest absolute Gasteiger partial charge is 0.497 e. The Morgan fingerprint density at radius 1 is 1.14 bits per heavy atom. The third-order valence-electron chi connectivity index (χ3n) is 8.45. The van der Waals surface area contributed by atoms with Crippen LogP contribution in [0.5, 0.6) is 11.5 Å². The first-order chi connectivity index (χ1) is 23.3. The lowest BCUT2D eigenvalue weighted by Gasteiger charge is -2.35. The summed E-state index contributed by atoms with van der Waals surface area (Å²) in [6.07, 6.45) is 4.26. The van der Waals surface area contributed by atoms with Gasteiger partial charge >= 0.3 is 6.03 Å². The molecule has 1 aromatic heterocycles. The van der Waals surface area contributed by atoms with E-state index in [-0.39, 0.29) is 42.3 Å². The number of hydrogen-bond donors (Lipinski definition) is 3. The quantitative estimate of drug-likeness (QED) is 0.297. The second-order valence-electron chi connectivity index (χ2n) is 12.5. The monoisotopic (exact) mass is 700 g/mol. The van der Waals surface area contributed by atoms with E-state index in [1.54, 1.807) is 68.1 Å². The molecule has 0 saturated heterocycles. The molecular weight excluding hydrogens is 652 g/mol. The van der Waals surface area contributed by atoms with Gasteiger partial charge in [-0.15, -0.1) is 0 Å². The Kier molecular flexibility index (Phi) is 13.0. The summed E-state index contributed by atoms with van der Waals surface area (Å²) < 4.78 is 47.1. The molecule has 0 saturated carbocycles. The highest BCUT2D eigenvalue weighted by Crippen LogP contribution is 2.29. The van der Waals surface area contributed by atoms with Crippen LogP contribution >= 0.6 is 0 Å². The number of aryl methyl sites for hydroxylation is 1. The lowest BCUT2D eigenvalue weighted by molar-refractivity contribution is -0.00835. The van der Waals surface area contributed by atoms with Gasteiger partial charge in [-0.1, -0.05) is 6.92 Å². The summed E-state index contributed by atoms with van der Waals surface area (Å²) in [6.45, 7) is 5.81. The number of rotatable bonds is 9. The van der Waals surface area contributed by atoms with Crippen molar-refractivity contribution < 1.29 is 37.3 Å². The number of urea groups is 1. The molecule has 15 heteroatoms. The molecule has 2 heterocycles. The Hall–Kier alpha value is -4.18. The number of anilines is 2. The van der Waals surface area contributed by atoms with Crippen LogP contribution in [0.2, 0.25) is 0 Å². The summed E-state index contributed by atoms with van der Waals surface area (Å²) in [4.78, 5) is 32.8. The van der Waals surface area contributed by atoms with E-state index in [0.29, 0.717) is 35.9 Å². The zero-order valence-corrected chi connectivity index (χ0v) is 29.8. The van der Waals surface area contributed by atoms with Gasteiger partial charge in [0.15, 0.2) is 5.03 Å². The Morgan fingerprint density at radius 2 is 1.84 bits per heavy atom. The average Bonchev–Trinajstić information content (AvgIpc) is 3.53. The molecule has 4 atom stereocenters. The number of nitrogens with one attached hydrogen (secondary N) is 2. The van der Waals surface area contributed by atoms with Gasteiger partial charge in [-0.3, -0.25) is 4.79 Å². The molecule has 3 aromatic rings. The summed E-state index contributed by atoms with van der Waals surface area (Å²) in [5.74, 6) is 0.245. The van der Waals surface area contributed by atoms with Crippen molar-refractivity contribution in [2.24, 2.45) is 13.0 Å². The lowest BCUT2D eigenvalue weighted by atomic mass is 10.0. The van der Waals surface area contributed by atoms with E-state index in [0.717, 1.165) is 12.8 Å². The number of fused-ring (bicyclic) bond motifs is 1. The Bertz CT molecular complexity index is 1660. The number of nitrogens with zero attached hydrogens (tertiary/aromatic N) is 4. The van der Waals surface area contributed by atoms with Crippen LogP contribution in [0.4, 0.5) is 16.2 Å². The number of aliphatic hydroxyl groups is 1. The van der Waals surface area contributed by atoms with E-state index in [9.17, 15) is 23.1 Å². The molecule has 1 aliphatic rings. The van der Waals surface area contributed by atoms with Crippen LogP contribution in [0.15, 0.2) is 60.0 Å². The van der Waals surface area contributed by atoms with Gasteiger partial charge in [-0.05, 0) is 75.6 Å². The van der Waals surface area contributed by atoms with Gasteiger partial charge in [0, 0.05) is 57.3 Å². The maximum Gasteiger partial charge on any atom is 0.323 e. The predicted octanol–water partition coefficient (Wildman–Crippen LogP) is 4.19. The lowest BCUT2D eigenvalue weighted by Crippen LogP contribution is -2.48. The van der Waals surface area contributed by atoms with Crippen molar-refractivity contribution in [2.45, 2.75) is 63.3 Å². The van der Waals surface area contributed by atoms with Gasteiger partial charge in [0.25, 0.3) is 15.9 Å². The Labute approximate surface area is 288 Å². The first kappa shape index (κ1) is 37.6. The summed E-state index contributed by atoms with van der Waals surface area (Å²) in [5.41, 5.74) is 1.13. The topological polar surface area (TPSA) is 165 Å². The highest BCUT2D eigenvalue weighted by Gasteiger charge is 2.33. The number of aliphatic hydroxyl groups excluding tert-OH is 1. The van der Waals surface area contributed by atoms with E-state index in [1.807, 2.05) is 13.8 Å². The fourth-order valence-electron chi connectivity index (χ4n) is 5.46. The zero-order chi connectivity index (χ0) is 35.7. The standard InChI is InChI=1S/C34H48N6O8S/c1-23-18-40(24(2)21-41)33(42)29-17-27(37-34(43)36-26-10-13-28(46-6)14-11-26)12-15-30(29)48-25(3)9-7-8-16-47-31(23)19-39(5)49(44,45)32-20-38(4)22-35-32/h10-15,17,20,22-25,31,41H,7-9,16,18-19,21H2,1-6H3,(H2,36,37,43)/t23-,24-,25+,31-/m1/s1. The molecule has 2 aromatic carbocycles. The number of benzene rings is 2. The molecule has 4 rings (SSSR count). The Morgan fingerprint density at radius 3 is 2.49 bits per heavy atom. The molecule has 0 aliphatic carbocycles. The minimum absolute atomic E-state index is 0.0308. The third kappa shape index (κ3) is 9.94. The highest BCUT2D eigenvalue weighted by molar-refractivity contribution is 7.89. The summed E-state index contributed by atoms with van der Waals surface area (Å²) in [7, 11) is 0.848. The summed E-state index contributed by atoms with van der Waals surface area (Å²) in [5, 5.41) is 15.7. The van der Waals surface area contributed by atoms with E-state index in [1.165, 1.54) is 28.8 Å². The molecular formula is C34H48N6O8S. The number of ether oxygens (including phenoxy) is 3. The number of methoxy groups -OCH3 is 1. The van der Waals surface area contributed by atoms with Crippen molar-refractivity contribution in [3.05, 3.63) is 60.6 Å². The van der Waals surface area contributed by atoms with Crippen molar-refractivity contribution in [1.82, 2.24) is 18.8 Å². The number of aromatic nitrogens is 2. The number of carbonyl (C=O) groups excluding carboxylic acids is 2. The van der Waals surface area contributed by atoms with Crippen LogP contribution in [-0.4, -0.2) is 103 Å².